The van der Waals surface area contributed by atoms with Crippen molar-refractivity contribution in [3.63, 3.8) is 0 Å². The molecule has 3 aliphatic heterocycles. The van der Waals surface area contributed by atoms with Crippen LogP contribution in [0.2, 0.25) is 0 Å². The Morgan fingerprint density at radius 1 is 0.875 bits per heavy atom. The van der Waals surface area contributed by atoms with Crippen molar-refractivity contribution in [1.82, 2.24) is 10.2 Å². The summed E-state index contributed by atoms with van der Waals surface area (Å²) in [6.07, 6.45) is -2.22. The SMILES string of the molecule is NC(=O)NCC#Cc1ccc2c(c1)[C@]1(C(=O)N2C(=O)OCc2ccc([N+](=O)[O-])cc2)[C@H](c2cccc(OCCO)c2)N2[C@H](c3ccccc3)[C@H](c3ccccc3)OC(=O)[C@H]2[C@@H]1C(=O)O. The third-order valence-electron chi connectivity index (χ3n) is 11.5. The molecule has 2 saturated heterocycles. The lowest BCUT2D eigenvalue weighted by Crippen LogP contribution is -2.53. The number of non-ortho nitro benzene ring substituents is 1. The van der Waals surface area contributed by atoms with Crippen LogP contribution in [0, 0.1) is 27.9 Å². The number of urea groups is 1. The van der Waals surface area contributed by atoms with Gasteiger partial charge in [0.15, 0.2) is 0 Å². The number of cyclic esters (lactones) is 1. The number of benzene rings is 5. The van der Waals surface area contributed by atoms with E-state index in [-0.39, 0.29) is 48.0 Å². The number of aliphatic hydroxyl groups is 1. The maximum Gasteiger partial charge on any atom is 0.421 e. The second kappa shape index (κ2) is 17.7. The van der Waals surface area contributed by atoms with Crippen LogP contribution in [-0.2, 0) is 35.9 Å². The minimum absolute atomic E-state index is 0.0313. The van der Waals surface area contributed by atoms with Crippen molar-refractivity contribution in [3.05, 3.63) is 171 Å². The summed E-state index contributed by atoms with van der Waals surface area (Å²) in [5.41, 5.74) is 4.87. The number of nitrogens with zero attached hydrogens (tertiary/aromatic N) is 3. The third kappa shape index (κ3) is 7.61. The van der Waals surface area contributed by atoms with Crippen LogP contribution in [-0.4, -0.2) is 75.8 Å². The molecule has 17 nitrogen and oxygen atoms in total. The molecule has 2 fully saturated rings. The molecule has 3 heterocycles. The van der Waals surface area contributed by atoms with Crippen molar-refractivity contribution < 1.29 is 53.3 Å². The summed E-state index contributed by atoms with van der Waals surface area (Å²) in [7, 11) is 0. The Bertz CT molecular complexity index is 2710. The molecule has 1 spiro atoms. The van der Waals surface area contributed by atoms with Gasteiger partial charge in [0.25, 0.3) is 5.69 Å². The highest BCUT2D eigenvalue weighted by Crippen LogP contribution is 2.66. The van der Waals surface area contributed by atoms with Crippen molar-refractivity contribution in [1.29, 1.82) is 0 Å². The lowest BCUT2D eigenvalue weighted by atomic mass is 9.65. The van der Waals surface area contributed by atoms with Crippen LogP contribution >= 0.6 is 0 Å². The number of carboxylic acid groups (broad SMARTS) is 1. The largest absolute Gasteiger partial charge is 0.491 e. The normalized spacial score (nSPS) is 22.1. The summed E-state index contributed by atoms with van der Waals surface area (Å²) >= 11 is 0. The number of ether oxygens (including phenoxy) is 3. The number of carbonyl (C=O) groups is 5. The van der Waals surface area contributed by atoms with Crippen molar-refractivity contribution >= 4 is 41.3 Å². The first-order chi connectivity index (χ1) is 30.9. The third-order valence-corrected chi connectivity index (χ3v) is 11.5. The molecule has 6 atom stereocenters. The van der Waals surface area contributed by atoms with Crippen LogP contribution in [0.5, 0.6) is 5.75 Å². The summed E-state index contributed by atoms with van der Waals surface area (Å²) in [6.45, 7) is -0.998. The lowest BCUT2D eigenvalue weighted by Gasteiger charge is -2.46. The van der Waals surface area contributed by atoms with Gasteiger partial charge in [0.05, 0.1) is 35.8 Å². The van der Waals surface area contributed by atoms with E-state index in [0.717, 1.165) is 4.90 Å². The number of rotatable bonds is 11. The topological polar surface area (TPSA) is 241 Å². The van der Waals surface area contributed by atoms with Crippen LogP contribution in [0.3, 0.4) is 0 Å². The molecule has 0 saturated carbocycles. The number of aliphatic carboxylic acids is 1. The second-order valence-corrected chi connectivity index (χ2v) is 15.1. The molecule has 64 heavy (non-hydrogen) atoms. The first-order valence-electron chi connectivity index (χ1n) is 20.0. The van der Waals surface area contributed by atoms with E-state index in [1.807, 2.05) is 12.1 Å². The van der Waals surface area contributed by atoms with E-state index in [1.54, 1.807) is 77.7 Å². The Morgan fingerprint density at radius 2 is 1.56 bits per heavy atom. The van der Waals surface area contributed by atoms with Crippen LogP contribution in [0.15, 0.2) is 127 Å². The molecule has 324 valence electrons. The monoisotopic (exact) mass is 865 g/mol. The fraction of sp³-hybridized carbons (Fsp3) is 0.213. The fourth-order valence-corrected chi connectivity index (χ4v) is 9.08. The maximum atomic E-state index is 16.0. The van der Waals surface area contributed by atoms with Gasteiger partial charge in [-0.2, -0.15) is 0 Å². The molecular weight excluding hydrogens is 827 g/mol. The number of carbonyl (C=O) groups excluding carboxylic acids is 4. The average Bonchev–Trinajstić information content (AvgIpc) is 3.76. The number of esters is 1. The number of hydrogen-bond donors (Lipinski definition) is 4. The predicted octanol–water partition coefficient (Wildman–Crippen LogP) is 5.07. The number of nitrogens with one attached hydrogen (secondary N) is 1. The number of carboxylic acids is 1. The van der Waals surface area contributed by atoms with Crippen molar-refractivity contribution in [2.75, 3.05) is 24.7 Å². The van der Waals surface area contributed by atoms with Gasteiger partial charge in [-0.1, -0.05) is 84.6 Å². The highest BCUT2D eigenvalue weighted by molar-refractivity contribution is 6.23. The van der Waals surface area contributed by atoms with Gasteiger partial charge in [-0.25, -0.2) is 14.5 Å². The van der Waals surface area contributed by atoms with Gasteiger partial charge in [-0.05, 0) is 70.3 Å². The molecular formula is C47H39N5O12. The first-order valence-corrected chi connectivity index (χ1v) is 20.0. The first kappa shape index (κ1) is 42.6. The van der Waals surface area contributed by atoms with Gasteiger partial charge in [0.2, 0.25) is 5.91 Å². The molecule has 0 bridgehead atoms. The Hall–Kier alpha value is -8.07. The number of fused-ring (bicyclic) bond motifs is 3. The highest BCUT2D eigenvalue weighted by Gasteiger charge is 2.76. The molecule has 0 unspecified atom stereocenters. The number of imide groups is 1. The molecule has 5 aromatic carbocycles. The summed E-state index contributed by atoms with van der Waals surface area (Å²) in [4.78, 5) is 84.0. The number of aliphatic hydroxyl groups excluding tert-OH is 1. The molecule has 4 amide bonds. The zero-order valence-corrected chi connectivity index (χ0v) is 33.7. The molecule has 8 rings (SSSR count). The number of morpholine rings is 1. The number of nitrogens with two attached hydrogens (primary N) is 1. The molecule has 0 aliphatic carbocycles. The smallest absolute Gasteiger partial charge is 0.421 e. The fourth-order valence-electron chi connectivity index (χ4n) is 9.08. The van der Waals surface area contributed by atoms with E-state index in [1.165, 1.54) is 42.5 Å². The van der Waals surface area contributed by atoms with Gasteiger partial charge < -0.3 is 35.5 Å². The Morgan fingerprint density at radius 3 is 2.22 bits per heavy atom. The molecule has 5 aromatic rings. The number of amides is 4. The summed E-state index contributed by atoms with van der Waals surface area (Å²) in [5, 5.41) is 34.9. The van der Waals surface area contributed by atoms with E-state index in [4.69, 9.17) is 19.9 Å². The zero-order chi connectivity index (χ0) is 45.1. The van der Waals surface area contributed by atoms with Crippen LogP contribution in [0.4, 0.5) is 21.0 Å². The standard InChI is InChI=1S/C47H39N5O12/c48-45(58)49-22-8-9-28-18-21-36-35(25-28)47(44(57)50(36)46(59)63-27-29-16-19-33(20-17-29)52(60)61)37(42(54)55)39-43(56)64-40(31-12-5-2-6-13-31)38(30-10-3-1-4-11-30)51(39)41(47)32-14-7-15-34(26-32)62-24-23-53/h1-7,10-21,25-26,37-41,53H,22-24,27H2,(H,54,55)(H3,48,49,58)/t37-,38-,39-,40+,41+,47-/m1/s1. The van der Waals surface area contributed by atoms with E-state index < -0.39 is 77.1 Å². The minimum Gasteiger partial charge on any atom is -0.491 e. The lowest BCUT2D eigenvalue weighted by molar-refractivity contribution is -0.384. The number of nitro groups is 1. The molecule has 0 radical (unpaired) electrons. The number of primary amides is 1. The van der Waals surface area contributed by atoms with Gasteiger partial charge >= 0.3 is 24.1 Å². The van der Waals surface area contributed by atoms with Crippen LogP contribution in [0.1, 0.15) is 51.6 Å². The van der Waals surface area contributed by atoms with E-state index in [2.05, 4.69) is 17.2 Å². The molecule has 3 aliphatic rings. The van der Waals surface area contributed by atoms with Crippen LogP contribution in [0.25, 0.3) is 0 Å². The second-order valence-electron chi connectivity index (χ2n) is 15.1. The Kier molecular flexibility index (Phi) is 11.8. The number of hydrogen-bond acceptors (Lipinski definition) is 12. The van der Waals surface area contributed by atoms with Crippen molar-refractivity contribution in [3.8, 4) is 17.6 Å². The van der Waals surface area contributed by atoms with Crippen molar-refractivity contribution in [2.45, 2.75) is 36.3 Å². The van der Waals surface area contributed by atoms with Gasteiger partial charge in [0, 0.05) is 17.7 Å². The summed E-state index contributed by atoms with van der Waals surface area (Å²) in [5.74, 6) is 0.529. The van der Waals surface area contributed by atoms with Gasteiger partial charge in [0.1, 0.15) is 42.4 Å². The van der Waals surface area contributed by atoms with Gasteiger partial charge in [-0.3, -0.25) is 29.4 Å². The maximum absolute atomic E-state index is 16.0. The molecule has 17 heteroatoms. The predicted molar refractivity (Wildman–Crippen MR) is 226 cm³/mol. The highest BCUT2D eigenvalue weighted by atomic mass is 16.6. The van der Waals surface area contributed by atoms with Crippen molar-refractivity contribution in [2.24, 2.45) is 11.7 Å². The minimum atomic E-state index is -2.31. The van der Waals surface area contributed by atoms with E-state index >= 15 is 4.79 Å². The molecule has 5 N–H and O–H groups in total. The van der Waals surface area contributed by atoms with Crippen LogP contribution < -0.4 is 20.7 Å². The van der Waals surface area contributed by atoms with E-state index in [0.29, 0.717) is 22.3 Å². The summed E-state index contributed by atoms with van der Waals surface area (Å²) in [6, 6.07) is 29.4. The summed E-state index contributed by atoms with van der Waals surface area (Å²) < 4.78 is 17.8. The Balaban J connectivity index is 1.38. The Labute approximate surface area is 365 Å². The number of anilines is 1. The van der Waals surface area contributed by atoms with Gasteiger partial charge in [-0.15, -0.1) is 0 Å². The quantitative estimate of drug-likeness (QED) is 0.0588. The average molecular weight is 866 g/mol. The number of nitro benzene ring substituents is 1. The zero-order valence-electron chi connectivity index (χ0n) is 33.7. The molecule has 0 aromatic heterocycles. The van der Waals surface area contributed by atoms with E-state index in [9.17, 15) is 39.5 Å².